The van der Waals surface area contributed by atoms with Gasteiger partial charge in [0.2, 0.25) is 11.8 Å². The zero-order valence-corrected chi connectivity index (χ0v) is 17.3. The van der Waals surface area contributed by atoms with Crippen molar-refractivity contribution >= 4 is 17.5 Å². The van der Waals surface area contributed by atoms with Gasteiger partial charge in [-0.25, -0.2) is 4.39 Å². The molecule has 3 rings (SSSR count). The topological polar surface area (TPSA) is 72.9 Å². The van der Waals surface area contributed by atoms with Crippen molar-refractivity contribution in [3.63, 3.8) is 0 Å². The molecule has 1 saturated heterocycles. The van der Waals surface area contributed by atoms with Gasteiger partial charge in [-0.3, -0.25) is 14.5 Å². The van der Waals surface area contributed by atoms with Crippen molar-refractivity contribution in [1.29, 1.82) is 0 Å². The van der Waals surface area contributed by atoms with E-state index in [2.05, 4.69) is 10.2 Å². The number of para-hydroxylation sites is 2. The van der Waals surface area contributed by atoms with Crippen molar-refractivity contribution in [3.05, 3.63) is 59.9 Å². The van der Waals surface area contributed by atoms with Gasteiger partial charge in [-0.15, -0.1) is 0 Å². The highest BCUT2D eigenvalue weighted by molar-refractivity contribution is 5.94. The molecule has 1 aliphatic rings. The van der Waals surface area contributed by atoms with Gasteiger partial charge >= 0.3 is 0 Å². The molecule has 0 unspecified atom stereocenters. The zero-order valence-electron chi connectivity index (χ0n) is 17.3. The third kappa shape index (κ3) is 5.36. The van der Waals surface area contributed by atoms with Crippen LogP contribution in [-0.4, -0.2) is 52.9 Å². The highest BCUT2D eigenvalue weighted by atomic mass is 19.1. The second kappa shape index (κ2) is 9.71. The lowest BCUT2D eigenvalue weighted by atomic mass is 9.94. The quantitative estimate of drug-likeness (QED) is 0.714. The average Bonchev–Trinajstić information content (AvgIpc) is 2.74. The number of carbonyl (C=O) groups excluding carboxylic acids is 2. The molecular weight excluding hydrogens is 385 g/mol. The first kappa shape index (κ1) is 21.8. The monoisotopic (exact) mass is 413 g/mol. The number of nitrogens with zero attached hydrogens (tertiary/aromatic N) is 2. The van der Waals surface area contributed by atoms with E-state index >= 15 is 0 Å². The van der Waals surface area contributed by atoms with Crippen molar-refractivity contribution in [3.8, 4) is 5.75 Å². The number of anilines is 1. The van der Waals surface area contributed by atoms with Crippen molar-refractivity contribution in [2.24, 2.45) is 5.92 Å². The predicted octanol–water partition coefficient (Wildman–Crippen LogP) is 3.23. The van der Waals surface area contributed by atoms with Crippen LogP contribution in [0.3, 0.4) is 0 Å². The molecule has 1 aliphatic heterocycles. The maximum Gasteiger partial charge on any atom is 0.239 e. The molecule has 160 valence electrons. The maximum atomic E-state index is 13.4. The van der Waals surface area contributed by atoms with Crippen LogP contribution in [0.25, 0.3) is 0 Å². The summed E-state index contributed by atoms with van der Waals surface area (Å²) >= 11 is 0. The van der Waals surface area contributed by atoms with Gasteiger partial charge in [0, 0.05) is 19.5 Å². The molecule has 1 heterocycles. The number of aromatic hydroxyl groups is 1. The van der Waals surface area contributed by atoms with Crippen molar-refractivity contribution in [2.45, 2.75) is 32.4 Å². The summed E-state index contributed by atoms with van der Waals surface area (Å²) in [7, 11) is 1.72. The standard InChI is InChI=1S/C23H28FN3O3/c1-16(23(30)26(2)15-17-6-5-7-19(24)14-17)27-12-10-18(11-13-27)22(29)25-20-8-3-4-9-21(20)28/h3-9,14,16,18,28H,10-13,15H2,1-2H3,(H,25,29)/t16-/m0/s1. The Kier molecular flexibility index (Phi) is 7.05. The Morgan fingerprint density at radius 1 is 1.20 bits per heavy atom. The number of halogens is 1. The number of amides is 2. The van der Waals surface area contributed by atoms with Gasteiger partial charge in [-0.1, -0.05) is 24.3 Å². The van der Waals surface area contributed by atoms with Crippen LogP contribution in [0.2, 0.25) is 0 Å². The number of nitrogens with one attached hydrogen (secondary N) is 1. The van der Waals surface area contributed by atoms with Gasteiger partial charge in [-0.05, 0) is 62.7 Å². The Morgan fingerprint density at radius 3 is 2.57 bits per heavy atom. The molecule has 2 aromatic carbocycles. The Bertz CT molecular complexity index is 897. The van der Waals surface area contributed by atoms with Crippen LogP contribution < -0.4 is 5.32 Å². The summed E-state index contributed by atoms with van der Waals surface area (Å²) in [5.74, 6) is -0.572. The van der Waals surface area contributed by atoms with Gasteiger partial charge in [0.25, 0.3) is 0 Å². The molecular formula is C23H28FN3O3. The van der Waals surface area contributed by atoms with E-state index in [1.165, 1.54) is 18.2 Å². The molecule has 6 nitrogen and oxygen atoms in total. The lowest BCUT2D eigenvalue weighted by Gasteiger charge is -2.36. The van der Waals surface area contributed by atoms with E-state index in [9.17, 15) is 19.1 Å². The third-order valence-electron chi connectivity index (χ3n) is 5.65. The number of likely N-dealkylation sites (tertiary alicyclic amines) is 1. The fraction of sp³-hybridized carbons (Fsp3) is 0.391. The van der Waals surface area contributed by atoms with Gasteiger partial charge < -0.3 is 15.3 Å². The minimum Gasteiger partial charge on any atom is -0.506 e. The number of phenols is 1. The molecule has 0 aliphatic carbocycles. The van der Waals surface area contributed by atoms with Crippen LogP contribution in [0.15, 0.2) is 48.5 Å². The van der Waals surface area contributed by atoms with Gasteiger partial charge in [0.15, 0.2) is 0 Å². The van der Waals surface area contributed by atoms with Crippen molar-refractivity contribution in [2.75, 3.05) is 25.5 Å². The van der Waals surface area contributed by atoms with Crippen LogP contribution >= 0.6 is 0 Å². The van der Waals surface area contributed by atoms with E-state index in [-0.39, 0.29) is 35.3 Å². The van der Waals surface area contributed by atoms with Gasteiger partial charge in [0.1, 0.15) is 11.6 Å². The number of piperidine rings is 1. The van der Waals surface area contributed by atoms with E-state index in [0.717, 1.165) is 5.56 Å². The summed E-state index contributed by atoms with van der Waals surface area (Å²) in [5.41, 5.74) is 1.16. The van der Waals surface area contributed by atoms with E-state index in [0.29, 0.717) is 38.2 Å². The fourth-order valence-electron chi connectivity index (χ4n) is 3.83. The first-order valence-corrected chi connectivity index (χ1v) is 10.2. The molecule has 0 aromatic heterocycles. The van der Waals surface area contributed by atoms with Crippen molar-refractivity contribution in [1.82, 2.24) is 9.80 Å². The van der Waals surface area contributed by atoms with Gasteiger partial charge in [-0.2, -0.15) is 0 Å². The Balaban J connectivity index is 1.50. The number of phenolic OH excluding ortho intramolecular Hbond substituents is 1. The molecule has 2 N–H and O–H groups in total. The number of hydrogen-bond donors (Lipinski definition) is 2. The number of hydrogen-bond acceptors (Lipinski definition) is 4. The third-order valence-corrected chi connectivity index (χ3v) is 5.65. The number of rotatable bonds is 6. The summed E-state index contributed by atoms with van der Waals surface area (Å²) in [6.45, 7) is 3.49. The largest absolute Gasteiger partial charge is 0.506 e. The lowest BCUT2D eigenvalue weighted by molar-refractivity contribution is -0.136. The molecule has 7 heteroatoms. The second-order valence-corrected chi connectivity index (χ2v) is 7.82. The average molecular weight is 413 g/mol. The molecule has 30 heavy (non-hydrogen) atoms. The van der Waals surface area contributed by atoms with E-state index in [1.807, 2.05) is 6.92 Å². The fourth-order valence-corrected chi connectivity index (χ4v) is 3.83. The minimum atomic E-state index is -0.314. The van der Waals surface area contributed by atoms with Crippen LogP contribution in [0, 0.1) is 11.7 Å². The van der Waals surface area contributed by atoms with E-state index in [1.54, 1.807) is 42.3 Å². The number of benzene rings is 2. The van der Waals surface area contributed by atoms with Crippen LogP contribution in [0.4, 0.5) is 10.1 Å². The van der Waals surface area contributed by atoms with Crippen LogP contribution in [0.5, 0.6) is 5.75 Å². The Labute approximate surface area is 176 Å². The Morgan fingerprint density at radius 2 is 1.90 bits per heavy atom. The molecule has 2 amide bonds. The molecule has 0 spiro atoms. The molecule has 0 radical (unpaired) electrons. The van der Waals surface area contributed by atoms with Crippen molar-refractivity contribution < 1.29 is 19.1 Å². The molecule has 2 aromatic rings. The lowest BCUT2D eigenvalue weighted by Crippen LogP contribution is -2.49. The smallest absolute Gasteiger partial charge is 0.239 e. The van der Waals surface area contributed by atoms with Crippen LogP contribution in [-0.2, 0) is 16.1 Å². The SMILES string of the molecule is C[C@@H](C(=O)N(C)Cc1cccc(F)c1)N1CCC(C(=O)Nc2ccccc2O)CC1. The first-order valence-electron chi connectivity index (χ1n) is 10.2. The first-order chi connectivity index (χ1) is 14.3. The molecule has 0 bridgehead atoms. The minimum absolute atomic E-state index is 0.0311. The van der Waals surface area contributed by atoms with E-state index in [4.69, 9.17) is 0 Å². The summed E-state index contributed by atoms with van der Waals surface area (Å²) in [5, 5.41) is 12.6. The number of likely N-dealkylation sites (N-methyl/N-ethyl adjacent to an activating group) is 1. The summed E-state index contributed by atoms with van der Waals surface area (Å²) in [4.78, 5) is 29.0. The van der Waals surface area contributed by atoms with E-state index < -0.39 is 0 Å². The molecule has 1 atom stereocenters. The zero-order chi connectivity index (χ0) is 21.7. The summed E-state index contributed by atoms with van der Waals surface area (Å²) in [6, 6.07) is 12.6. The predicted molar refractivity (Wildman–Crippen MR) is 113 cm³/mol. The summed E-state index contributed by atoms with van der Waals surface area (Å²) in [6.07, 6.45) is 1.29. The highest BCUT2D eigenvalue weighted by Crippen LogP contribution is 2.25. The second-order valence-electron chi connectivity index (χ2n) is 7.82. The molecule has 1 fully saturated rings. The summed E-state index contributed by atoms with van der Waals surface area (Å²) < 4.78 is 13.4. The Hall–Kier alpha value is -2.93. The van der Waals surface area contributed by atoms with Crippen LogP contribution in [0.1, 0.15) is 25.3 Å². The maximum absolute atomic E-state index is 13.4. The number of carbonyl (C=O) groups is 2. The molecule has 0 saturated carbocycles. The normalized spacial score (nSPS) is 16.1. The van der Waals surface area contributed by atoms with Gasteiger partial charge in [0.05, 0.1) is 11.7 Å². The highest BCUT2D eigenvalue weighted by Gasteiger charge is 2.31.